The van der Waals surface area contributed by atoms with Gasteiger partial charge in [0.2, 0.25) is 0 Å². The molecule has 1 atom stereocenters. The summed E-state index contributed by atoms with van der Waals surface area (Å²) in [5, 5.41) is 9.37. The molecule has 2 aromatic heterocycles. The van der Waals surface area contributed by atoms with Gasteiger partial charge in [-0.05, 0) is 11.4 Å². The average Bonchev–Trinajstić information content (AvgIpc) is 2.84. The van der Waals surface area contributed by atoms with E-state index < -0.39 is 0 Å². The largest absolute Gasteiger partial charge is 0.381 e. The molecule has 2 rings (SSSR count). The van der Waals surface area contributed by atoms with E-state index in [1.807, 2.05) is 24.7 Å². The summed E-state index contributed by atoms with van der Waals surface area (Å²) in [6.07, 6.45) is 3.72. The van der Waals surface area contributed by atoms with Crippen LogP contribution in [-0.2, 0) is 7.05 Å². The molecular formula is C10H14N4S. The van der Waals surface area contributed by atoms with Crippen molar-refractivity contribution in [1.82, 2.24) is 9.78 Å². The first-order valence-corrected chi connectivity index (χ1v) is 5.65. The van der Waals surface area contributed by atoms with Gasteiger partial charge in [-0.25, -0.2) is 0 Å². The number of nitrogens with two attached hydrogens (primary N) is 1. The third kappa shape index (κ3) is 2.57. The molecule has 4 nitrogen and oxygen atoms in total. The highest BCUT2D eigenvalue weighted by Gasteiger charge is 2.06. The molecule has 0 bridgehead atoms. The van der Waals surface area contributed by atoms with Crippen LogP contribution in [0.3, 0.4) is 0 Å². The van der Waals surface area contributed by atoms with E-state index >= 15 is 0 Å². The summed E-state index contributed by atoms with van der Waals surface area (Å²) >= 11 is 1.69. The number of hydrogen-bond donors (Lipinski definition) is 2. The Balaban J connectivity index is 1.88. The van der Waals surface area contributed by atoms with Gasteiger partial charge >= 0.3 is 0 Å². The molecule has 1 unspecified atom stereocenters. The number of aryl methyl sites for hydroxylation is 1. The SMILES string of the molecule is Cn1cc(NCC(N)c2cccs2)cn1. The zero-order valence-electron chi connectivity index (χ0n) is 8.55. The van der Waals surface area contributed by atoms with Gasteiger partial charge in [-0.3, -0.25) is 4.68 Å². The first kappa shape index (κ1) is 10.2. The van der Waals surface area contributed by atoms with Gasteiger partial charge in [-0.1, -0.05) is 6.07 Å². The van der Waals surface area contributed by atoms with Gasteiger partial charge in [0.25, 0.3) is 0 Å². The first-order valence-electron chi connectivity index (χ1n) is 4.77. The molecule has 0 radical (unpaired) electrons. The molecule has 0 aromatic carbocycles. The van der Waals surface area contributed by atoms with Crippen molar-refractivity contribution in [2.45, 2.75) is 6.04 Å². The second-order valence-corrected chi connectivity index (χ2v) is 4.38. The second kappa shape index (κ2) is 4.46. The number of nitrogens with one attached hydrogen (secondary N) is 1. The Morgan fingerprint density at radius 1 is 1.67 bits per heavy atom. The van der Waals surface area contributed by atoms with Crippen LogP contribution >= 0.6 is 11.3 Å². The molecular weight excluding hydrogens is 208 g/mol. The minimum atomic E-state index is 0.0465. The molecule has 0 fully saturated rings. The summed E-state index contributed by atoms with van der Waals surface area (Å²) in [6.45, 7) is 0.728. The van der Waals surface area contributed by atoms with Gasteiger partial charge in [0, 0.05) is 24.7 Å². The summed E-state index contributed by atoms with van der Waals surface area (Å²) in [7, 11) is 1.89. The maximum absolute atomic E-state index is 6.01. The minimum Gasteiger partial charge on any atom is -0.381 e. The maximum Gasteiger partial charge on any atom is 0.0727 e. The standard InChI is InChI=1S/C10H14N4S/c1-14-7-8(5-13-14)12-6-9(11)10-3-2-4-15-10/h2-5,7,9,12H,6,11H2,1H3. The van der Waals surface area contributed by atoms with Crippen molar-refractivity contribution in [3.8, 4) is 0 Å². The summed E-state index contributed by atoms with van der Waals surface area (Å²) < 4.78 is 1.76. The van der Waals surface area contributed by atoms with Gasteiger partial charge in [0.15, 0.2) is 0 Å². The minimum absolute atomic E-state index is 0.0465. The zero-order chi connectivity index (χ0) is 10.7. The predicted octanol–water partition coefficient (Wildman–Crippen LogP) is 1.59. The Bertz CT molecular complexity index is 407. The van der Waals surface area contributed by atoms with E-state index in [-0.39, 0.29) is 6.04 Å². The molecule has 15 heavy (non-hydrogen) atoms. The van der Waals surface area contributed by atoms with E-state index in [2.05, 4.69) is 16.5 Å². The molecule has 0 saturated carbocycles. The molecule has 2 aromatic rings. The van der Waals surface area contributed by atoms with Gasteiger partial charge in [-0.15, -0.1) is 11.3 Å². The smallest absolute Gasteiger partial charge is 0.0727 e. The molecule has 2 heterocycles. The van der Waals surface area contributed by atoms with Gasteiger partial charge in [-0.2, -0.15) is 5.10 Å². The molecule has 5 heteroatoms. The van der Waals surface area contributed by atoms with E-state index in [4.69, 9.17) is 5.73 Å². The first-order chi connectivity index (χ1) is 7.25. The Morgan fingerprint density at radius 3 is 3.13 bits per heavy atom. The quantitative estimate of drug-likeness (QED) is 0.826. The zero-order valence-corrected chi connectivity index (χ0v) is 9.37. The Labute approximate surface area is 92.7 Å². The normalized spacial score (nSPS) is 12.7. The highest BCUT2D eigenvalue weighted by Crippen LogP contribution is 2.17. The fourth-order valence-corrected chi connectivity index (χ4v) is 2.07. The molecule has 80 valence electrons. The van der Waals surface area contributed by atoms with Crippen LogP contribution in [-0.4, -0.2) is 16.3 Å². The van der Waals surface area contributed by atoms with E-state index in [0.29, 0.717) is 0 Å². The highest BCUT2D eigenvalue weighted by molar-refractivity contribution is 7.10. The number of thiophene rings is 1. The fraction of sp³-hybridized carbons (Fsp3) is 0.300. The van der Waals surface area contributed by atoms with Crippen LogP contribution in [0.25, 0.3) is 0 Å². The van der Waals surface area contributed by atoms with Crippen LogP contribution in [0.15, 0.2) is 29.9 Å². The molecule has 0 aliphatic rings. The lowest BCUT2D eigenvalue weighted by Gasteiger charge is -2.10. The van der Waals surface area contributed by atoms with Gasteiger partial charge in [0.05, 0.1) is 17.9 Å². The van der Waals surface area contributed by atoms with Crippen molar-refractivity contribution in [2.24, 2.45) is 12.8 Å². The lowest BCUT2D eigenvalue weighted by Crippen LogP contribution is -2.19. The summed E-state index contributed by atoms with van der Waals surface area (Å²) in [6, 6.07) is 4.12. The van der Waals surface area contributed by atoms with Crippen LogP contribution in [0.5, 0.6) is 0 Å². The summed E-state index contributed by atoms with van der Waals surface area (Å²) in [5.41, 5.74) is 7.02. The van der Waals surface area contributed by atoms with E-state index in [9.17, 15) is 0 Å². The molecule has 0 amide bonds. The van der Waals surface area contributed by atoms with Crippen molar-refractivity contribution in [1.29, 1.82) is 0 Å². The van der Waals surface area contributed by atoms with Crippen LogP contribution < -0.4 is 11.1 Å². The lowest BCUT2D eigenvalue weighted by atomic mass is 10.2. The number of hydrogen-bond acceptors (Lipinski definition) is 4. The number of nitrogens with zero attached hydrogens (tertiary/aromatic N) is 2. The Morgan fingerprint density at radius 2 is 2.53 bits per heavy atom. The maximum atomic E-state index is 6.01. The molecule has 0 aliphatic heterocycles. The van der Waals surface area contributed by atoms with Gasteiger partial charge in [0.1, 0.15) is 0 Å². The van der Waals surface area contributed by atoms with Crippen LogP contribution in [0.4, 0.5) is 5.69 Å². The van der Waals surface area contributed by atoms with E-state index in [0.717, 1.165) is 12.2 Å². The number of aromatic nitrogens is 2. The van der Waals surface area contributed by atoms with Crippen LogP contribution in [0, 0.1) is 0 Å². The van der Waals surface area contributed by atoms with Crippen molar-refractivity contribution in [3.63, 3.8) is 0 Å². The van der Waals surface area contributed by atoms with E-state index in [1.54, 1.807) is 22.2 Å². The summed E-state index contributed by atoms with van der Waals surface area (Å²) in [4.78, 5) is 1.20. The van der Waals surface area contributed by atoms with Crippen molar-refractivity contribution >= 4 is 17.0 Å². The van der Waals surface area contributed by atoms with Crippen molar-refractivity contribution < 1.29 is 0 Å². The molecule has 3 N–H and O–H groups in total. The highest BCUT2D eigenvalue weighted by atomic mass is 32.1. The number of anilines is 1. The lowest BCUT2D eigenvalue weighted by molar-refractivity contribution is 0.766. The monoisotopic (exact) mass is 222 g/mol. The van der Waals surface area contributed by atoms with Crippen LogP contribution in [0.1, 0.15) is 10.9 Å². The van der Waals surface area contributed by atoms with Crippen LogP contribution in [0.2, 0.25) is 0 Å². The Hall–Kier alpha value is -1.33. The number of rotatable bonds is 4. The second-order valence-electron chi connectivity index (χ2n) is 3.41. The third-order valence-electron chi connectivity index (χ3n) is 2.14. The third-order valence-corrected chi connectivity index (χ3v) is 3.14. The molecule has 0 spiro atoms. The average molecular weight is 222 g/mol. The van der Waals surface area contributed by atoms with Crippen molar-refractivity contribution in [2.75, 3.05) is 11.9 Å². The van der Waals surface area contributed by atoms with Crippen molar-refractivity contribution in [3.05, 3.63) is 34.8 Å². The Kier molecular flexibility index (Phi) is 3.03. The predicted molar refractivity (Wildman–Crippen MR) is 62.9 cm³/mol. The van der Waals surface area contributed by atoms with E-state index in [1.165, 1.54) is 4.88 Å². The van der Waals surface area contributed by atoms with Gasteiger partial charge < -0.3 is 11.1 Å². The topological polar surface area (TPSA) is 55.9 Å². The fourth-order valence-electron chi connectivity index (χ4n) is 1.34. The molecule has 0 saturated heterocycles. The molecule has 0 aliphatic carbocycles. The summed E-state index contributed by atoms with van der Waals surface area (Å²) in [5.74, 6) is 0.